The van der Waals surface area contributed by atoms with Crippen LogP contribution in [0.4, 0.5) is 24.5 Å². The third-order valence-corrected chi connectivity index (χ3v) is 2.50. The Morgan fingerprint density at radius 1 is 1.45 bits per heavy atom. The van der Waals surface area contributed by atoms with Crippen molar-refractivity contribution in [1.82, 2.24) is 0 Å². The molecule has 4 nitrogen and oxygen atoms in total. The van der Waals surface area contributed by atoms with Crippen molar-refractivity contribution in [3.63, 3.8) is 0 Å². The molecule has 0 bridgehead atoms. The van der Waals surface area contributed by atoms with Crippen LogP contribution >= 0.6 is 0 Å². The molecule has 3 N–H and O–H groups in total. The van der Waals surface area contributed by atoms with Crippen molar-refractivity contribution < 1.29 is 22.7 Å². The van der Waals surface area contributed by atoms with E-state index in [2.05, 4.69) is 5.32 Å². The van der Waals surface area contributed by atoms with Gasteiger partial charge < -0.3 is 15.8 Å². The van der Waals surface area contributed by atoms with E-state index < -0.39 is 24.6 Å². The number of hydrogen-bond donors (Lipinski definition) is 2. The molecule has 112 valence electrons. The second-order valence-corrected chi connectivity index (χ2v) is 4.39. The molecule has 0 heterocycles. The molecule has 0 aliphatic rings. The minimum atomic E-state index is -4.25. The van der Waals surface area contributed by atoms with Gasteiger partial charge in [-0.05, 0) is 32.0 Å². The Kier molecular flexibility index (Phi) is 5.24. The van der Waals surface area contributed by atoms with Gasteiger partial charge in [0.1, 0.15) is 0 Å². The third-order valence-electron chi connectivity index (χ3n) is 2.50. The summed E-state index contributed by atoms with van der Waals surface area (Å²) in [5.41, 5.74) is 6.39. The molecular weight excluding hydrogens is 273 g/mol. The van der Waals surface area contributed by atoms with Gasteiger partial charge in [-0.1, -0.05) is 0 Å². The summed E-state index contributed by atoms with van der Waals surface area (Å²) in [7, 11) is 0. The third kappa shape index (κ3) is 4.99. The molecule has 1 atom stereocenters. The summed E-state index contributed by atoms with van der Waals surface area (Å²) in [5.74, 6) is -0.600. The second-order valence-electron chi connectivity index (χ2n) is 4.39. The van der Waals surface area contributed by atoms with Crippen LogP contribution in [0.3, 0.4) is 0 Å². The van der Waals surface area contributed by atoms with Crippen LogP contribution in [0.1, 0.15) is 30.6 Å². The number of hydrogen-bond acceptors (Lipinski definition) is 4. The predicted molar refractivity (Wildman–Crippen MR) is 70.6 cm³/mol. The fourth-order valence-corrected chi connectivity index (χ4v) is 1.71. The van der Waals surface area contributed by atoms with Crippen molar-refractivity contribution in [2.24, 2.45) is 0 Å². The zero-order valence-electron chi connectivity index (χ0n) is 11.3. The van der Waals surface area contributed by atoms with E-state index >= 15 is 0 Å². The Hall–Kier alpha value is -1.92. The van der Waals surface area contributed by atoms with Gasteiger partial charge in [-0.3, -0.25) is 0 Å². The molecule has 0 amide bonds. The minimum absolute atomic E-state index is 0.135. The van der Waals surface area contributed by atoms with Crippen LogP contribution in [0.5, 0.6) is 0 Å². The highest BCUT2D eigenvalue weighted by Crippen LogP contribution is 2.25. The summed E-state index contributed by atoms with van der Waals surface area (Å²) in [6.07, 6.45) is -5.21. The van der Waals surface area contributed by atoms with Gasteiger partial charge in [0.2, 0.25) is 0 Å². The van der Waals surface area contributed by atoms with E-state index in [1.54, 1.807) is 6.92 Å². The first-order valence-corrected chi connectivity index (χ1v) is 6.13. The van der Waals surface area contributed by atoms with E-state index in [4.69, 9.17) is 10.5 Å². The van der Waals surface area contributed by atoms with E-state index in [0.717, 1.165) is 0 Å². The summed E-state index contributed by atoms with van der Waals surface area (Å²) < 4.78 is 41.6. The Morgan fingerprint density at radius 2 is 2.10 bits per heavy atom. The molecule has 0 spiro atoms. The number of esters is 1. The highest BCUT2D eigenvalue weighted by Gasteiger charge is 2.30. The van der Waals surface area contributed by atoms with Gasteiger partial charge in [0, 0.05) is 17.4 Å². The maximum atomic E-state index is 12.2. The lowest BCUT2D eigenvalue weighted by atomic mass is 10.1. The predicted octanol–water partition coefficient (Wildman–Crippen LogP) is 3.20. The lowest BCUT2D eigenvalue weighted by Crippen LogP contribution is -2.24. The molecule has 1 rings (SSSR count). The molecule has 0 saturated carbocycles. The topological polar surface area (TPSA) is 64.3 Å². The molecule has 0 aliphatic carbocycles. The van der Waals surface area contributed by atoms with Crippen molar-refractivity contribution in [3.05, 3.63) is 23.8 Å². The number of ether oxygens (including phenoxy) is 1. The number of carbonyl (C=O) groups is 1. The highest BCUT2D eigenvalue weighted by atomic mass is 19.4. The highest BCUT2D eigenvalue weighted by molar-refractivity contribution is 5.96. The number of alkyl halides is 3. The van der Waals surface area contributed by atoms with Gasteiger partial charge >= 0.3 is 12.1 Å². The summed E-state index contributed by atoms with van der Waals surface area (Å²) in [6, 6.07) is 3.55. The monoisotopic (exact) mass is 290 g/mol. The summed E-state index contributed by atoms with van der Waals surface area (Å²) in [5, 5.41) is 2.68. The normalized spacial score (nSPS) is 12.8. The second kappa shape index (κ2) is 6.49. The number of rotatable bonds is 5. The molecule has 0 aliphatic heterocycles. The molecule has 0 fully saturated rings. The summed E-state index contributed by atoms with van der Waals surface area (Å²) in [4.78, 5) is 11.6. The van der Waals surface area contributed by atoms with Gasteiger partial charge in [0.15, 0.2) is 0 Å². The maximum absolute atomic E-state index is 12.2. The van der Waals surface area contributed by atoms with Crippen LogP contribution < -0.4 is 11.1 Å². The molecule has 0 aromatic heterocycles. The van der Waals surface area contributed by atoms with Gasteiger partial charge in [-0.25, -0.2) is 4.79 Å². The van der Waals surface area contributed by atoms with E-state index in [-0.39, 0.29) is 17.9 Å². The molecular formula is C13H17F3N2O2. The van der Waals surface area contributed by atoms with Crippen LogP contribution in [0.25, 0.3) is 0 Å². The molecule has 1 aromatic carbocycles. The Bertz CT molecular complexity index is 475. The first-order valence-electron chi connectivity index (χ1n) is 6.13. The number of nitrogens with two attached hydrogens (primary N) is 1. The van der Waals surface area contributed by atoms with E-state index in [1.807, 2.05) is 0 Å². The van der Waals surface area contributed by atoms with Crippen molar-refractivity contribution in [2.45, 2.75) is 32.5 Å². The number of nitrogens with one attached hydrogen (secondary N) is 1. The molecule has 7 heteroatoms. The molecule has 0 saturated heterocycles. The average molecular weight is 290 g/mol. The van der Waals surface area contributed by atoms with Crippen LogP contribution in [0.2, 0.25) is 0 Å². The van der Waals surface area contributed by atoms with Gasteiger partial charge in [-0.2, -0.15) is 13.2 Å². The standard InChI is InChI=1S/C13H17F3N2O2/c1-3-20-12(19)10-6-9(4-5-11(10)17)18-8(2)7-13(14,15)16/h4-6,8,18H,3,7,17H2,1-2H3. The fraction of sp³-hybridized carbons (Fsp3) is 0.462. The number of halogens is 3. The van der Waals surface area contributed by atoms with E-state index in [0.29, 0.717) is 5.69 Å². The Morgan fingerprint density at radius 3 is 2.65 bits per heavy atom. The number of benzene rings is 1. The van der Waals surface area contributed by atoms with E-state index in [1.165, 1.54) is 25.1 Å². The van der Waals surface area contributed by atoms with Gasteiger partial charge in [0.05, 0.1) is 18.6 Å². The number of anilines is 2. The SMILES string of the molecule is CCOC(=O)c1cc(NC(C)CC(F)(F)F)ccc1N. The van der Waals surface area contributed by atoms with Crippen LogP contribution in [-0.2, 0) is 4.74 Å². The smallest absolute Gasteiger partial charge is 0.391 e. The summed E-state index contributed by atoms with van der Waals surface area (Å²) >= 11 is 0. The Balaban J connectivity index is 2.82. The Labute approximate surface area is 115 Å². The van der Waals surface area contributed by atoms with Crippen LogP contribution in [0, 0.1) is 0 Å². The largest absolute Gasteiger partial charge is 0.462 e. The lowest BCUT2D eigenvalue weighted by Gasteiger charge is -2.17. The average Bonchev–Trinajstić information content (AvgIpc) is 2.29. The zero-order valence-corrected chi connectivity index (χ0v) is 11.3. The first kappa shape index (κ1) is 16.1. The quantitative estimate of drug-likeness (QED) is 0.645. The summed E-state index contributed by atoms with van der Waals surface area (Å²) in [6.45, 7) is 3.26. The van der Waals surface area contributed by atoms with E-state index in [9.17, 15) is 18.0 Å². The van der Waals surface area contributed by atoms with Crippen molar-refractivity contribution in [1.29, 1.82) is 0 Å². The zero-order chi connectivity index (χ0) is 15.3. The molecule has 1 aromatic rings. The van der Waals surface area contributed by atoms with Crippen molar-refractivity contribution in [2.75, 3.05) is 17.7 Å². The minimum Gasteiger partial charge on any atom is -0.462 e. The molecule has 20 heavy (non-hydrogen) atoms. The lowest BCUT2D eigenvalue weighted by molar-refractivity contribution is -0.136. The first-order chi connectivity index (χ1) is 9.23. The van der Waals surface area contributed by atoms with Crippen LogP contribution in [0.15, 0.2) is 18.2 Å². The van der Waals surface area contributed by atoms with Crippen molar-refractivity contribution >= 4 is 17.3 Å². The number of nitrogen functional groups attached to an aromatic ring is 1. The van der Waals surface area contributed by atoms with Crippen LogP contribution in [-0.4, -0.2) is 24.8 Å². The molecule has 1 unspecified atom stereocenters. The number of carbonyl (C=O) groups excluding carboxylic acids is 1. The van der Waals surface area contributed by atoms with Crippen molar-refractivity contribution in [3.8, 4) is 0 Å². The maximum Gasteiger partial charge on any atom is 0.391 e. The fourth-order valence-electron chi connectivity index (χ4n) is 1.71. The van der Waals surface area contributed by atoms with Gasteiger partial charge in [-0.15, -0.1) is 0 Å². The molecule has 0 radical (unpaired) electrons. The van der Waals surface area contributed by atoms with Gasteiger partial charge in [0.25, 0.3) is 0 Å².